The summed E-state index contributed by atoms with van der Waals surface area (Å²) in [4.78, 5) is 10.9. The number of rotatable bonds is 5. The second-order valence-corrected chi connectivity index (χ2v) is 3.84. The van der Waals surface area contributed by atoms with Gasteiger partial charge in [0.15, 0.2) is 5.69 Å². The third-order valence-corrected chi connectivity index (χ3v) is 2.63. The van der Waals surface area contributed by atoms with E-state index < -0.39 is 5.97 Å². The second kappa shape index (κ2) is 5.43. The molecule has 1 aromatic heterocycles. The number of ether oxygens (including phenoxy) is 2. The van der Waals surface area contributed by atoms with Gasteiger partial charge < -0.3 is 19.1 Å². The van der Waals surface area contributed by atoms with Crippen LogP contribution in [0.5, 0.6) is 11.5 Å². The third-order valence-electron chi connectivity index (χ3n) is 2.63. The van der Waals surface area contributed by atoms with Crippen LogP contribution in [0.25, 0.3) is 0 Å². The molecule has 0 atom stereocenters. The Morgan fingerprint density at radius 2 is 1.95 bits per heavy atom. The highest BCUT2D eigenvalue weighted by molar-refractivity contribution is 5.87. The van der Waals surface area contributed by atoms with E-state index in [0.29, 0.717) is 17.1 Å². The van der Waals surface area contributed by atoms with Gasteiger partial charge >= 0.3 is 5.97 Å². The Bertz CT molecular complexity index is 573. The summed E-state index contributed by atoms with van der Waals surface area (Å²) in [5.41, 5.74) is 0.314. The molecule has 1 heterocycles. The minimum absolute atomic E-state index is 0.0866. The second-order valence-electron chi connectivity index (χ2n) is 3.84. The van der Waals surface area contributed by atoms with Gasteiger partial charge in [-0.25, -0.2) is 4.79 Å². The Balaban J connectivity index is 2.09. The van der Waals surface area contributed by atoms with Crippen molar-refractivity contribution in [2.24, 2.45) is 0 Å². The summed E-state index contributed by atoms with van der Waals surface area (Å²) >= 11 is 0. The van der Waals surface area contributed by atoms with E-state index in [-0.39, 0.29) is 12.3 Å². The van der Waals surface area contributed by atoms with Crippen LogP contribution in [0, 0.1) is 6.92 Å². The topological polar surface area (TPSA) is 81.8 Å². The van der Waals surface area contributed by atoms with Gasteiger partial charge in [0.1, 0.15) is 23.9 Å². The number of carboxylic acids is 1. The van der Waals surface area contributed by atoms with Crippen molar-refractivity contribution in [3.8, 4) is 11.5 Å². The van der Waals surface area contributed by atoms with Crippen molar-refractivity contribution in [2.75, 3.05) is 7.11 Å². The van der Waals surface area contributed by atoms with E-state index in [1.807, 2.05) is 0 Å². The molecule has 0 aliphatic heterocycles. The number of aryl methyl sites for hydroxylation is 1. The maximum absolute atomic E-state index is 10.9. The van der Waals surface area contributed by atoms with Crippen LogP contribution in [-0.4, -0.2) is 23.3 Å². The number of aromatic nitrogens is 1. The molecule has 0 bridgehead atoms. The quantitative estimate of drug-likeness (QED) is 0.891. The lowest BCUT2D eigenvalue weighted by Crippen LogP contribution is -2.05. The predicted octanol–water partition coefficient (Wildman–Crippen LogP) is 2.27. The summed E-state index contributed by atoms with van der Waals surface area (Å²) in [6.07, 6.45) is 0. The van der Waals surface area contributed by atoms with Crippen LogP contribution < -0.4 is 9.47 Å². The maximum Gasteiger partial charge on any atom is 0.358 e. The zero-order chi connectivity index (χ0) is 13.8. The fraction of sp³-hybridized carbons (Fsp3) is 0.231. The van der Waals surface area contributed by atoms with E-state index in [9.17, 15) is 4.79 Å². The molecular formula is C13H13NO5. The van der Waals surface area contributed by atoms with Crippen molar-refractivity contribution in [1.82, 2.24) is 5.16 Å². The van der Waals surface area contributed by atoms with Crippen molar-refractivity contribution < 1.29 is 23.9 Å². The molecule has 2 rings (SSSR count). The minimum Gasteiger partial charge on any atom is -0.497 e. The van der Waals surface area contributed by atoms with Crippen molar-refractivity contribution in [1.29, 1.82) is 0 Å². The Morgan fingerprint density at radius 1 is 1.32 bits per heavy atom. The highest BCUT2D eigenvalue weighted by Crippen LogP contribution is 2.20. The lowest BCUT2D eigenvalue weighted by Gasteiger charge is -2.06. The molecule has 1 aromatic carbocycles. The van der Waals surface area contributed by atoms with E-state index in [1.165, 1.54) is 0 Å². The first-order chi connectivity index (χ1) is 9.11. The lowest BCUT2D eigenvalue weighted by atomic mass is 10.2. The van der Waals surface area contributed by atoms with Crippen LogP contribution in [0.4, 0.5) is 0 Å². The minimum atomic E-state index is -1.13. The van der Waals surface area contributed by atoms with Gasteiger partial charge in [-0.1, -0.05) is 5.16 Å². The smallest absolute Gasteiger partial charge is 0.358 e. The molecule has 0 spiro atoms. The summed E-state index contributed by atoms with van der Waals surface area (Å²) in [7, 11) is 1.58. The van der Waals surface area contributed by atoms with Crippen molar-refractivity contribution in [2.45, 2.75) is 13.5 Å². The molecule has 2 aromatic rings. The van der Waals surface area contributed by atoms with E-state index >= 15 is 0 Å². The van der Waals surface area contributed by atoms with Gasteiger partial charge in [0.25, 0.3) is 0 Å². The SMILES string of the molecule is COc1ccc(OCc2c(C(=O)O)noc2C)cc1. The largest absolute Gasteiger partial charge is 0.497 e. The van der Waals surface area contributed by atoms with Crippen molar-refractivity contribution in [3.63, 3.8) is 0 Å². The Morgan fingerprint density at radius 3 is 2.53 bits per heavy atom. The first-order valence-corrected chi connectivity index (χ1v) is 5.57. The molecule has 0 unspecified atom stereocenters. The van der Waals surface area contributed by atoms with Gasteiger partial charge in [0.2, 0.25) is 0 Å². The van der Waals surface area contributed by atoms with Crippen LogP contribution in [0.2, 0.25) is 0 Å². The maximum atomic E-state index is 10.9. The number of carbonyl (C=O) groups is 1. The summed E-state index contributed by atoms with van der Waals surface area (Å²) in [5.74, 6) is 0.633. The van der Waals surface area contributed by atoms with Gasteiger partial charge in [-0.05, 0) is 31.2 Å². The van der Waals surface area contributed by atoms with Crippen LogP contribution in [0.15, 0.2) is 28.8 Å². The molecule has 0 aliphatic carbocycles. The first kappa shape index (κ1) is 12.9. The molecule has 0 fully saturated rings. The molecule has 0 saturated heterocycles. The van der Waals surface area contributed by atoms with Gasteiger partial charge in [-0.2, -0.15) is 0 Å². The highest BCUT2D eigenvalue weighted by atomic mass is 16.5. The Hall–Kier alpha value is -2.50. The van der Waals surface area contributed by atoms with Gasteiger partial charge in [-0.15, -0.1) is 0 Å². The van der Waals surface area contributed by atoms with Crippen molar-refractivity contribution in [3.05, 3.63) is 41.3 Å². The average molecular weight is 263 g/mol. The number of hydrogen-bond donors (Lipinski definition) is 1. The molecule has 0 radical (unpaired) electrons. The summed E-state index contributed by atoms with van der Waals surface area (Å²) in [5, 5.41) is 12.4. The van der Waals surface area contributed by atoms with Gasteiger partial charge in [0, 0.05) is 0 Å². The fourth-order valence-corrected chi connectivity index (χ4v) is 1.56. The number of carboxylic acid groups (broad SMARTS) is 1. The molecule has 0 amide bonds. The van der Waals surface area contributed by atoms with E-state index in [4.69, 9.17) is 19.1 Å². The predicted molar refractivity (Wildman–Crippen MR) is 65.5 cm³/mol. The van der Waals surface area contributed by atoms with Crippen LogP contribution in [-0.2, 0) is 6.61 Å². The molecule has 100 valence electrons. The average Bonchev–Trinajstić information content (AvgIpc) is 2.78. The Kier molecular flexibility index (Phi) is 3.70. The molecule has 0 saturated carbocycles. The zero-order valence-electron chi connectivity index (χ0n) is 10.5. The fourth-order valence-electron chi connectivity index (χ4n) is 1.56. The number of benzene rings is 1. The summed E-state index contributed by atoms with van der Waals surface area (Å²) < 4.78 is 15.4. The third kappa shape index (κ3) is 2.85. The molecule has 6 heteroatoms. The van der Waals surface area contributed by atoms with Crippen LogP contribution in [0.3, 0.4) is 0 Å². The number of hydrogen-bond acceptors (Lipinski definition) is 5. The normalized spacial score (nSPS) is 10.2. The molecule has 19 heavy (non-hydrogen) atoms. The number of aromatic carboxylic acids is 1. The molecule has 6 nitrogen and oxygen atoms in total. The van der Waals surface area contributed by atoms with Gasteiger partial charge in [-0.3, -0.25) is 0 Å². The highest BCUT2D eigenvalue weighted by Gasteiger charge is 2.19. The zero-order valence-corrected chi connectivity index (χ0v) is 10.5. The van der Waals surface area contributed by atoms with E-state index in [0.717, 1.165) is 5.75 Å². The van der Waals surface area contributed by atoms with E-state index in [2.05, 4.69) is 5.16 Å². The molecule has 0 aliphatic rings. The number of methoxy groups -OCH3 is 1. The summed E-state index contributed by atoms with van der Waals surface area (Å²) in [6, 6.07) is 6.99. The van der Waals surface area contributed by atoms with E-state index in [1.54, 1.807) is 38.3 Å². The van der Waals surface area contributed by atoms with Crippen LogP contribution in [0.1, 0.15) is 21.8 Å². The molecular weight excluding hydrogens is 250 g/mol. The standard InChI is InChI=1S/C13H13NO5/c1-8-11(12(13(15)16)14-19-8)7-18-10-5-3-9(17-2)4-6-10/h3-6H,7H2,1-2H3,(H,15,16). The number of nitrogens with zero attached hydrogens (tertiary/aromatic N) is 1. The Labute approximate surface area is 109 Å². The molecule has 1 N–H and O–H groups in total. The first-order valence-electron chi connectivity index (χ1n) is 5.57. The van der Waals surface area contributed by atoms with Crippen molar-refractivity contribution >= 4 is 5.97 Å². The monoisotopic (exact) mass is 263 g/mol. The lowest BCUT2D eigenvalue weighted by molar-refractivity contribution is 0.0683. The van der Waals surface area contributed by atoms with Gasteiger partial charge in [0.05, 0.1) is 12.7 Å². The van der Waals surface area contributed by atoms with Crippen LogP contribution >= 0.6 is 0 Å². The summed E-state index contributed by atoms with van der Waals surface area (Å²) in [6.45, 7) is 1.73.